The van der Waals surface area contributed by atoms with Crippen molar-refractivity contribution >= 4 is 13.2 Å². The molecule has 1 saturated heterocycles. The van der Waals surface area contributed by atoms with E-state index in [4.69, 9.17) is 9.31 Å². The molecule has 132 valence electrons. The molecule has 0 amide bonds. The van der Waals surface area contributed by atoms with Crippen molar-refractivity contribution in [1.29, 1.82) is 0 Å². The molecule has 0 aliphatic carbocycles. The molecule has 1 fully saturated rings. The molecule has 0 unspecified atom stereocenters. The van der Waals surface area contributed by atoms with Gasteiger partial charge in [0, 0.05) is 5.56 Å². The molecule has 2 aromatic rings. The fourth-order valence-electron chi connectivity index (χ4n) is 2.42. The third kappa shape index (κ3) is 3.64. The number of benzene rings is 1. The van der Waals surface area contributed by atoms with E-state index in [-0.39, 0.29) is 12.4 Å². The van der Waals surface area contributed by atoms with Gasteiger partial charge in [0.15, 0.2) is 0 Å². The number of hydrogen-bond donors (Lipinski definition) is 0. The van der Waals surface area contributed by atoms with Crippen LogP contribution in [0, 0.1) is 5.82 Å². The summed E-state index contributed by atoms with van der Waals surface area (Å²) >= 11 is 0. The Balaban J connectivity index is 1.73. The minimum Gasteiger partial charge on any atom is -0.398 e. The molecular weight excluding hydrogens is 327 g/mol. The van der Waals surface area contributed by atoms with E-state index in [1.54, 1.807) is 18.2 Å². The number of nitrogens with zero attached hydrogens (tertiary/aromatic N) is 3. The molecule has 2 heterocycles. The molecule has 0 radical (unpaired) electrons. The highest BCUT2D eigenvalue weighted by atomic mass is 19.1. The average molecular weight is 347 g/mol. The summed E-state index contributed by atoms with van der Waals surface area (Å²) in [6.45, 7) is 7.62. The Morgan fingerprint density at radius 2 is 1.84 bits per heavy atom. The van der Waals surface area contributed by atoms with Gasteiger partial charge in [0.25, 0.3) is 0 Å². The fraction of sp³-hybridized carbons (Fsp3) is 0.412. The third-order valence-electron chi connectivity index (χ3n) is 4.61. The maximum absolute atomic E-state index is 14.5. The van der Waals surface area contributed by atoms with Crippen molar-refractivity contribution in [3.63, 3.8) is 0 Å². The van der Waals surface area contributed by atoms with E-state index in [2.05, 4.69) is 10.3 Å². The Kier molecular flexibility index (Phi) is 4.51. The molecule has 1 aromatic heterocycles. The van der Waals surface area contributed by atoms with Crippen molar-refractivity contribution in [1.82, 2.24) is 15.0 Å². The fourth-order valence-corrected chi connectivity index (χ4v) is 2.42. The van der Waals surface area contributed by atoms with Crippen LogP contribution in [0.15, 0.2) is 36.2 Å². The standard InChI is InChI=1S/C17H20BF2N3O2/c1-16(2)17(3,4)25-18(24-16)15(20)9-13-11-23(22-21-13)10-12-7-5-6-8-14(12)19/h5-9,11H,10H2,1-4H3. The molecule has 0 spiro atoms. The minimum atomic E-state index is -1.08. The zero-order chi connectivity index (χ0) is 18.2. The lowest BCUT2D eigenvalue weighted by molar-refractivity contribution is 0.00578. The topological polar surface area (TPSA) is 49.2 Å². The first-order valence-electron chi connectivity index (χ1n) is 8.04. The lowest BCUT2D eigenvalue weighted by Gasteiger charge is -2.32. The van der Waals surface area contributed by atoms with Crippen molar-refractivity contribution in [3.8, 4) is 0 Å². The average Bonchev–Trinajstić information content (AvgIpc) is 3.03. The Morgan fingerprint density at radius 1 is 1.20 bits per heavy atom. The second kappa shape index (κ2) is 6.35. The Labute approximate surface area is 145 Å². The number of rotatable bonds is 4. The van der Waals surface area contributed by atoms with Crippen molar-refractivity contribution in [2.75, 3.05) is 0 Å². The first-order chi connectivity index (χ1) is 11.7. The van der Waals surface area contributed by atoms with Gasteiger partial charge in [-0.3, -0.25) is 0 Å². The zero-order valence-electron chi connectivity index (χ0n) is 14.7. The molecule has 3 rings (SSSR count). The predicted molar refractivity (Wildman–Crippen MR) is 90.7 cm³/mol. The smallest absolute Gasteiger partial charge is 0.398 e. The van der Waals surface area contributed by atoms with Crippen LogP contribution in [0.25, 0.3) is 6.08 Å². The minimum absolute atomic E-state index is 0.214. The summed E-state index contributed by atoms with van der Waals surface area (Å²) in [6, 6.07) is 6.41. The van der Waals surface area contributed by atoms with Crippen LogP contribution in [0.4, 0.5) is 8.78 Å². The van der Waals surface area contributed by atoms with Gasteiger partial charge in [-0.1, -0.05) is 23.4 Å². The van der Waals surface area contributed by atoms with Crippen molar-refractivity contribution in [2.24, 2.45) is 0 Å². The van der Waals surface area contributed by atoms with E-state index in [0.29, 0.717) is 11.3 Å². The molecule has 0 saturated carbocycles. The molecule has 25 heavy (non-hydrogen) atoms. The van der Waals surface area contributed by atoms with Gasteiger partial charge < -0.3 is 9.31 Å². The lowest BCUT2D eigenvalue weighted by Crippen LogP contribution is -2.41. The van der Waals surface area contributed by atoms with E-state index < -0.39 is 24.0 Å². The van der Waals surface area contributed by atoms with Gasteiger partial charge in [-0.05, 0) is 39.8 Å². The summed E-state index contributed by atoms with van der Waals surface area (Å²) < 4.78 is 40.9. The van der Waals surface area contributed by atoms with Crippen molar-refractivity contribution in [3.05, 3.63) is 53.3 Å². The highest BCUT2D eigenvalue weighted by Crippen LogP contribution is 2.38. The largest absolute Gasteiger partial charge is 0.525 e. The summed E-state index contributed by atoms with van der Waals surface area (Å²) in [6.07, 6.45) is 2.75. The number of halogens is 2. The highest BCUT2D eigenvalue weighted by molar-refractivity contribution is 6.54. The van der Waals surface area contributed by atoms with Gasteiger partial charge >= 0.3 is 7.12 Å². The SMILES string of the molecule is CC1(C)OB(C(F)=Cc2cn(Cc3ccccc3F)nn2)OC1(C)C. The van der Waals surface area contributed by atoms with Crippen LogP contribution in [-0.4, -0.2) is 33.3 Å². The summed E-state index contributed by atoms with van der Waals surface area (Å²) in [5, 5.41) is 7.79. The molecule has 1 aromatic carbocycles. The van der Waals surface area contributed by atoms with Crippen LogP contribution >= 0.6 is 0 Å². The van der Waals surface area contributed by atoms with Crippen LogP contribution in [0.5, 0.6) is 0 Å². The summed E-state index contributed by atoms with van der Waals surface area (Å²) in [5.41, 5.74) is -1.04. The van der Waals surface area contributed by atoms with Crippen molar-refractivity contribution < 1.29 is 18.1 Å². The molecule has 0 atom stereocenters. The van der Waals surface area contributed by atoms with Gasteiger partial charge in [0.05, 0.1) is 23.9 Å². The molecule has 1 aliphatic rings. The maximum Gasteiger partial charge on any atom is 0.525 e. The summed E-state index contributed by atoms with van der Waals surface area (Å²) in [4.78, 5) is 0. The Hall–Kier alpha value is -2.06. The second-order valence-electron chi connectivity index (χ2n) is 7.05. The molecule has 5 nitrogen and oxygen atoms in total. The lowest BCUT2D eigenvalue weighted by atomic mass is 9.87. The molecule has 1 aliphatic heterocycles. The van der Waals surface area contributed by atoms with Gasteiger partial charge in [-0.15, -0.1) is 5.10 Å². The predicted octanol–water partition coefficient (Wildman–Crippen LogP) is 3.41. The first kappa shape index (κ1) is 17.8. The zero-order valence-corrected chi connectivity index (χ0v) is 14.7. The van der Waals surface area contributed by atoms with Crippen LogP contribution in [0.3, 0.4) is 0 Å². The van der Waals surface area contributed by atoms with E-state index in [1.807, 2.05) is 27.7 Å². The van der Waals surface area contributed by atoms with Crippen LogP contribution < -0.4 is 0 Å². The van der Waals surface area contributed by atoms with E-state index in [0.717, 1.165) is 0 Å². The molecule has 0 N–H and O–H groups in total. The van der Waals surface area contributed by atoms with Crippen LogP contribution in [0.1, 0.15) is 39.0 Å². The maximum atomic E-state index is 14.5. The highest BCUT2D eigenvalue weighted by Gasteiger charge is 2.53. The Bertz CT molecular complexity index is 789. The van der Waals surface area contributed by atoms with Gasteiger partial charge in [-0.2, -0.15) is 0 Å². The molecule has 8 heteroatoms. The van der Waals surface area contributed by atoms with Crippen molar-refractivity contribution in [2.45, 2.75) is 45.4 Å². The Morgan fingerprint density at radius 3 is 2.48 bits per heavy atom. The van der Waals surface area contributed by atoms with Gasteiger partial charge in [0.1, 0.15) is 17.2 Å². The molecular formula is C17H20BF2N3O2. The summed E-state index contributed by atoms with van der Waals surface area (Å²) in [5.74, 6) is -0.321. The van der Waals surface area contributed by atoms with E-state index in [9.17, 15) is 8.78 Å². The monoisotopic (exact) mass is 347 g/mol. The summed E-state index contributed by atoms with van der Waals surface area (Å²) in [7, 11) is -1.08. The third-order valence-corrected chi connectivity index (χ3v) is 4.61. The normalized spacial score (nSPS) is 19.4. The van der Waals surface area contributed by atoms with E-state index >= 15 is 0 Å². The van der Waals surface area contributed by atoms with Gasteiger partial charge in [0.2, 0.25) is 0 Å². The number of hydrogen-bond acceptors (Lipinski definition) is 4. The van der Waals surface area contributed by atoms with Crippen LogP contribution in [-0.2, 0) is 15.9 Å². The molecule has 0 bridgehead atoms. The first-order valence-corrected chi connectivity index (χ1v) is 8.04. The second-order valence-corrected chi connectivity index (χ2v) is 7.05. The van der Waals surface area contributed by atoms with Crippen LogP contribution in [0.2, 0.25) is 0 Å². The van der Waals surface area contributed by atoms with Gasteiger partial charge in [-0.25, -0.2) is 13.5 Å². The number of aromatic nitrogens is 3. The quantitative estimate of drug-likeness (QED) is 0.796. The van der Waals surface area contributed by atoms with E-state index in [1.165, 1.54) is 23.0 Å².